The Labute approximate surface area is 151 Å². The fraction of sp³-hybridized carbons (Fsp3) is 0.368. The van der Waals surface area contributed by atoms with Crippen LogP contribution >= 0.6 is 0 Å². The number of halogens is 1. The molecule has 2 aromatic heterocycles. The van der Waals surface area contributed by atoms with E-state index in [1.165, 1.54) is 6.07 Å². The van der Waals surface area contributed by atoms with E-state index >= 15 is 0 Å². The monoisotopic (exact) mass is 352 g/mol. The van der Waals surface area contributed by atoms with Gasteiger partial charge in [-0.15, -0.1) is 0 Å². The Morgan fingerprint density at radius 1 is 1.15 bits per heavy atom. The zero-order chi connectivity index (χ0) is 17.5. The van der Waals surface area contributed by atoms with Gasteiger partial charge in [-0.3, -0.25) is 0 Å². The highest BCUT2D eigenvalue weighted by molar-refractivity contribution is 5.80. The van der Waals surface area contributed by atoms with Crippen LogP contribution in [0.25, 0.3) is 16.8 Å². The summed E-state index contributed by atoms with van der Waals surface area (Å²) in [4.78, 5) is 7.21. The number of anilines is 2. The van der Waals surface area contributed by atoms with E-state index in [0.717, 1.165) is 50.5 Å². The first-order valence-corrected chi connectivity index (χ1v) is 9.13. The minimum Gasteiger partial charge on any atom is -0.385 e. The van der Waals surface area contributed by atoms with Gasteiger partial charge in [-0.25, -0.2) is 13.9 Å². The highest BCUT2D eigenvalue weighted by atomic mass is 19.1. The van der Waals surface area contributed by atoms with Gasteiger partial charge in [0.1, 0.15) is 11.6 Å². The Morgan fingerprint density at radius 2 is 2.12 bits per heavy atom. The van der Waals surface area contributed by atoms with E-state index in [-0.39, 0.29) is 5.82 Å². The maximum Gasteiger partial charge on any atom is 0.165 e. The predicted molar refractivity (Wildman–Crippen MR) is 100.0 cm³/mol. The molecule has 6 nitrogen and oxygen atoms in total. The first-order chi connectivity index (χ1) is 12.8. The van der Waals surface area contributed by atoms with Gasteiger partial charge in [0.15, 0.2) is 5.65 Å². The maximum atomic E-state index is 14.5. The van der Waals surface area contributed by atoms with Gasteiger partial charge in [0, 0.05) is 48.7 Å². The van der Waals surface area contributed by atoms with Crippen LogP contribution in [-0.2, 0) is 0 Å². The second kappa shape index (κ2) is 6.25. The van der Waals surface area contributed by atoms with Crippen LogP contribution in [0.3, 0.4) is 0 Å². The van der Waals surface area contributed by atoms with Crippen molar-refractivity contribution in [3.05, 3.63) is 42.5 Å². The number of nitrogens with zero attached hydrogens (tertiary/aromatic N) is 4. The smallest absolute Gasteiger partial charge is 0.165 e. The Morgan fingerprint density at radius 3 is 3.08 bits per heavy atom. The zero-order valence-corrected chi connectivity index (χ0v) is 14.5. The number of rotatable bonds is 0. The lowest BCUT2D eigenvalue weighted by atomic mass is 10.1. The fourth-order valence-electron chi connectivity index (χ4n) is 3.88. The van der Waals surface area contributed by atoms with Crippen molar-refractivity contribution in [2.45, 2.75) is 18.9 Å². The highest BCUT2D eigenvalue weighted by Crippen LogP contribution is 2.29. The molecule has 1 aromatic carbocycles. The summed E-state index contributed by atoms with van der Waals surface area (Å²) in [7, 11) is 0. The summed E-state index contributed by atoms with van der Waals surface area (Å²) in [6.07, 6.45) is 5.73. The first kappa shape index (κ1) is 15.6. The summed E-state index contributed by atoms with van der Waals surface area (Å²) in [6, 6.07) is 7.47. The molecule has 26 heavy (non-hydrogen) atoms. The van der Waals surface area contributed by atoms with Crippen molar-refractivity contribution >= 4 is 17.2 Å². The van der Waals surface area contributed by atoms with E-state index in [2.05, 4.69) is 20.6 Å². The molecule has 2 unspecified atom stereocenters. The van der Waals surface area contributed by atoms with Crippen LogP contribution in [0.15, 0.2) is 36.7 Å². The number of fused-ring (bicyclic) bond motifs is 6. The lowest BCUT2D eigenvalue weighted by Crippen LogP contribution is -2.28. The second-order valence-corrected chi connectivity index (χ2v) is 7.04. The van der Waals surface area contributed by atoms with Gasteiger partial charge >= 0.3 is 0 Å². The largest absolute Gasteiger partial charge is 0.385 e. The third-order valence-electron chi connectivity index (χ3n) is 5.23. The Bertz CT molecular complexity index is 952. The SMILES string of the molecule is Fc1ccc2cc1-c1cnn3ccc(nc13)NC1CCN(CCCN2)C1. The van der Waals surface area contributed by atoms with Crippen molar-refractivity contribution < 1.29 is 4.39 Å². The molecule has 0 saturated carbocycles. The summed E-state index contributed by atoms with van der Waals surface area (Å²) >= 11 is 0. The van der Waals surface area contributed by atoms with Crippen molar-refractivity contribution in [2.75, 3.05) is 36.8 Å². The van der Waals surface area contributed by atoms with Gasteiger partial charge in [-0.2, -0.15) is 5.10 Å². The lowest BCUT2D eigenvalue weighted by molar-refractivity contribution is 0.335. The number of aromatic nitrogens is 3. The lowest BCUT2D eigenvalue weighted by Gasteiger charge is -2.17. The summed E-state index contributed by atoms with van der Waals surface area (Å²) in [6.45, 7) is 4.08. The fourth-order valence-corrected chi connectivity index (χ4v) is 3.88. The Balaban J connectivity index is 1.62. The average molecular weight is 352 g/mol. The van der Waals surface area contributed by atoms with Crippen LogP contribution in [0.5, 0.6) is 0 Å². The van der Waals surface area contributed by atoms with Crippen molar-refractivity contribution in [3.8, 4) is 11.1 Å². The number of hydrogen-bond acceptors (Lipinski definition) is 5. The maximum absolute atomic E-state index is 14.5. The van der Waals surface area contributed by atoms with Crippen LogP contribution in [0, 0.1) is 5.82 Å². The molecule has 0 radical (unpaired) electrons. The van der Waals surface area contributed by atoms with Crippen LogP contribution in [-0.4, -0.2) is 51.7 Å². The zero-order valence-electron chi connectivity index (χ0n) is 14.5. The van der Waals surface area contributed by atoms with E-state index < -0.39 is 0 Å². The molecule has 134 valence electrons. The standard InChI is InChI=1S/C19H21FN6/c20-17-3-2-13-10-15(17)16-11-22-26-9-5-18(24-19(16)26)23-14-4-8-25(12-14)7-1-6-21-13/h2-3,5,9-11,14,21H,1,4,6-8,12H2,(H,23,24). The third-order valence-corrected chi connectivity index (χ3v) is 5.23. The van der Waals surface area contributed by atoms with Gasteiger partial charge in [0.2, 0.25) is 0 Å². The summed E-state index contributed by atoms with van der Waals surface area (Å²) in [5.41, 5.74) is 2.81. The number of nitrogens with one attached hydrogen (secondary N) is 2. The van der Waals surface area contributed by atoms with E-state index in [1.807, 2.05) is 18.3 Å². The molecule has 2 aliphatic heterocycles. The molecule has 3 aromatic rings. The summed E-state index contributed by atoms with van der Waals surface area (Å²) in [5, 5.41) is 11.3. The minimum absolute atomic E-state index is 0.264. The molecule has 0 amide bonds. The molecule has 0 aliphatic carbocycles. The predicted octanol–water partition coefficient (Wildman–Crippen LogP) is 2.84. The van der Waals surface area contributed by atoms with Crippen LogP contribution in [0.4, 0.5) is 15.9 Å². The topological polar surface area (TPSA) is 57.5 Å². The van der Waals surface area contributed by atoms with Gasteiger partial charge in [-0.1, -0.05) is 0 Å². The van der Waals surface area contributed by atoms with Crippen LogP contribution < -0.4 is 10.6 Å². The third kappa shape index (κ3) is 2.78. The minimum atomic E-state index is -0.264. The van der Waals surface area contributed by atoms with E-state index in [1.54, 1.807) is 16.8 Å². The van der Waals surface area contributed by atoms with Crippen LogP contribution in [0.2, 0.25) is 0 Å². The van der Waals surface area contributed by atoms with E-state index in [4.69, 9.17) is 4.98 Å². The number of benzene rings is 1. The molecule has 5 rings (SSSR count). The molecule has 7 heteroatoms. The summed E-state index contributed by atoms with van der Waals surface area (Å²) in [5.74, 6) is 0.552. The molecule has 2 atom stereocenters. The van der Waals surface area contributed by atoms with Crippen molar-refractivity contribution in [1.82, 2.24) is 19.5 Å². The quantitative estimate of drug-likeness (QED) is 0.652. The second-order valence-electron chi connectivity index (χ2n) is 7.04. The van der Waals surface area contributed by atoms with E-state index in [9.17, 15) is 4.39 Å². The molecule has 2 N–H and O–H groups in total. The molecule has 0 spiro atoms. The molecule has 1 fully saturated rings. The average Bonchev–Trinajstić information content (AvgIpc) is 3.26. The van der Waals surface area contributed by atoms with Gasteiger partial charge in [0.05, 0.1) is 6.20 Å². The highest BCUT2D eigenvalue weighted by Gasteiger charge is 2.23. The van der Waals surface area contributed by atoms with Gasteiger partial charge in [0.25, 0.3) is 0 Å². The Kier molecular flexibility index (Phi) is 3.74. The van der Waals surface area contributed by atoms with E-state index in [0.29, 0.717) is 22.8 Å². The van der Waals surface area contributed by atoms with Gasteiger partial charge in [-0.05, 0) is 43.7 Å². The molecule has 6 bridgehead atoms. The normalized spacial score (nSPS) is 22.5. The van der Waals surface area contributed by atoms with Crippen molar-refractivity contribution in [3.63, 3.8) is 0 Å². The first-order valence-electron chi connectivity index (χ1n) is 9.13. The van der Waals surface area contributed by atoms with Gasteiger partial charge < -0.3 is 15.5 Å². The van der Waals surface area contributed by atoms with Crippen molar-refractivity contribution in [1.29, 1.82) is 0 Å². The molecular weight excluding hydrogens is 331 g/mol. The van der Waals surface area contributed by atoms with Crippen molar-refractivity contribution in [2.24, 2.45) is 0 Å². The molecule has 2 aliphatic rings. The number of hydrogen-bond donors (Lipinski definition) is 2. The summed E-state index contributed by atoms with van der Waals surface area (Å²) < 4.78 is 16.2. The molecule has 1 saturated heterocycles. The molecular formula is C19H21FN6. The molecule has 4 heterocycles. The van der Waals surface area contributed by atoms with Crippen LogP contribution in [0.1, 0.15) is 12.8 Å². The Hall–Kier alpha value is -2.67.